The maximum atomic E-state index is 13.5. The predicted octanol–water partition coefficient (Wildman–Crippen LogP) is 4.20. The number of sulfone groups is 1. The van der Waals surface area contributed by atoms with E-state index in [1.165, 1.54) is 12.1 Å². The third-order valence-electron chi connectivity index (χ3n) is 5.14. The summed E-state index contributed by atoms with van der Waals surface area (Å²) in [4.78, 5) is 6.42. The Kier molecular flexibility index (Phi) is 4.83. The fourth-order valence-electron chi connectivity index (χ4n) is 3.61. The maximum Gasteiger partial charge on any atom is 0.236 e. The zero-order valence-corrected chi connectivity index (χ0v) is 17.6. The molecule has 2 aromatic carbocycles. The van der Waals surface area contributed by atoms with Gasteiger partial charge in [-0.2, -0.15) is 4.98 Å². The van der Waals surface area contributed by atoms with Gasteiger partial charge < -0.3 is 18.8 Å². The molecule has 0 saturated carbocycles. The summed E-state index contributed by atoms with van der Waals surface area (Å²) in [6, 6.07) is 11.5. The molecule has 0 atom stereocenters. The van der Waals surface area contributed by atoms with Crippen molar-refractivity contribution in [3.63, 3.8) is 0 Å². The summed E-state index contributed by atoms with van der Waals surface area (Å²) in [7, 11) is -3.94. The van der Waals surface area contributed by atoms with E-state index in [2.05, 4.69) is 4.98 Å². The molecular weight excluding hydrogens is 428 g/mol. The van der Waals surface area contributed by atoms with Crippen molar-refractivity contribution < 1.29 is 22.3 Å². The number of rotatable bonds is 4. The second-order valence-corrected chi connectivity index (χ2v) is 9.44. The maximum absolute atomic E-state index is 13.5. The zero-order valence-electron chi connectivity index (χ0n) is 16.0. The summed E-state index contributed by atoms with van der Waals surface area (Å²) >= 11 is 5.97. The van der Waals surface area contributed by atoms with Gasteiger partial charge in [-0.05, 0) is 49.2 Å². The van der Waals surface area contributed by atoms with Crippen molar-refractivity contribution in [2.45, 2.75) is 22.8 Å². The molecule has 0 N–H and O–H groups in total. The van der Waals surface area contributed by atoms with Crippen LogP contribution in [0.2, 0.25) is 5.02 Å². The Morgan fingerprint density at radius 1 is 0.933 bits per heavy atom. The van der Waals surface area contributed by atoms with Crippen LogP contribution >= 0.6 is 11.6 Å². The molecule has 30 heavy (non-hydrogen) atoms. The summed E-state index contributed by atoms with van der Waals surface area (Å²) in [5.74, 6) is 1.45. The van der Waals surface area contributed by atoms with Crippen molar-refractivity contribution in [2.75, 3.05) is 31.2 Å². The lowest BCUT2D eigenvalue weighted by molar-refractivity contribution is 0.171. The predicted molar refractivity (Wildman–Crippen MR) is 111 cm³/mol. The SMILES string of the molecule is O=S(=O)(c1ccc2c(c1)OCCO2)c1nc(-c2ccc(Cl)cc2)oc1N1CCCC1. The van der Waals surface area contributed by atoms with Crippen LogP contribution in [0.1, 0.15) is 12.8 Å². The van der Waals surface area contributed by atoms with Crippen LogP contribution in [-0.4, -0.2) is 39.7 Å². The van der Waals surface area contributed by atoms with E-state index in [-0.39, 0.29) is 21.7 Å². The first-order valence-corrected chi connectivity index (χ1v) is 11.5. The van der Waals surface area contributed by atoms with Crippen molar-refractivity contribution in [1.82, 2.24) is 4.98 Å². The molecule has 0 amide bonds. The van der Waals surface area contributed by atoms with E-state index in [9.17, 15) is 8.42 Å². The molecule has 156 valence electrons. The summed E-state index contributed by atoms with van der Waals surface area (Å²) < 4.78 is 44.1. The third kappa shape index (κ3) is 3.40. The van der Waals surface area contributed by atoms with E-state index in [1.54, 1.807) is 30.3 Å². The number of hydrogen-bond donors (Lipinski definition) is 0. The molecule has 1 aromatic heterocycles. The molecule has 7 nitrogen and oxygen atoms in total. The van der Waals surface area contributed by atoms with E-state index >= 15 is 0 Å². The molecule has 0 aliphatic carbocycles. The summed E-state index contributed by atoms with van der Waals surface area (Å²) in [6.07, 6.45) is 1.95. The number of fused-ring (bicyclic) bond motifs is 1. The summed E-state index contributed by atoms with van der Waals surface area (Å²) in [6.45, 7) is 2.25. The van der Waals surface area contributed by atoms with Crippen molar-refractivity contribution in [1.29, 1.82) is 0 Å². The molecule has 2 aliphatic rings. The Balaban J connectivity index is 1.62. The molecular formula is C21H19ClN2O5S. The molecule has 3 heterocycles. The molecule has 2 aliphatic heterocycles. The van der Waals surface area contributed by atoms with E-state index in [4.69, 9.17) is 25.5 Å². The number of benzene rings is 2. The number of anilines is 1. The normalized spacial score (nSPS) is 16.1. The minimum absolute atomic E-state index is 0.0863. The first kappa shape index (κ1) is 19.3. The lowest BCUT2D eigenvalue weighted by Crippen LogP contribution is -2.20. The zero-order chi connectivity index (χ0) is 20.7. The van der Waals surface area contributed by atoms with Gasteiger partial charge >= 0.3 is 0 Å². The number of ether oxygens (including phenoxy) is 2. The van der Waals surface area contributed by atoms with E-state index in [1.807, 2.05) is 4.90 Å². The van der Waals surface area contributed by atoms with E-state index < -0.39 is 9.84 Å². The molecule has 0 spiro atoms. The van der Waals surface area contributed by atoms with Gasteiger partial charge in [0.05, 0.1) is 4.90 Å². The van der Waals surface area contributed by atoms with Gasteiger partial charge in [-0.3, -0.25) is 0 Å². The average molecular weight is 447 g/mol. The van der Waals surface area contributed by atoms with Crippen LogP contribution < -0.4 is 14.4 Å². The molecule has 5 rings (SSSR count). The van der Waals surface area contributed by atoms with Gasteiger partial charge in [-0.15, -0.1) is 0 Å². The Bertz CT molecular complexity index is 1180. The van der Waals surface area contributed by atoms with Gasteiger partial charge in [-0.1, -0.05) is 11.6 Å². The number of aromatic nitrogens is 1. The summed E-state index contributed by atoms with van der Waals surface area (Å²) in [5, 5.41) is 0.486. The van der Waals surface area contributed by atoms with E-state index in [0.717, 1.165) is 25.9 Å². The Morgan fingerprint density at radius 2 is 1.63 bits per heavy atom. The van der Waals surface area contributed by atoms with Crippen LogP contribution in [0.4, 0.5) is 5.88 Å². The Labute approximate surface area is 179 Å². The second-order valence-electron chi connectivity index (χ2n) is 7.14. The topological polar surface area (TPSA) is 81.9 Å². The molecule has 3 aromatic rings. The Hall–Kier alpha value is -2.71. The van der Waals surface area contributed by atoms with Gasteiger partial charge in [0.25, 0.3) is 0 Å². The van der Waals surface area contributed by atoms with Crippen LogP contribution in [0.15, 0.2) is 56.8 Å². The first-order valence-electron chi connectivity index (χ1n) is 9.69. The van der Waals surface area contributed by atoms with E-state index in [0.29, 0.717) is 35.3 Å². The highest BCUT2D eigenvalue weighted by molar-refractivity contribution is 7.91. The molecule has 1 saturated heterocycles. The van der Waals surface area contributed by atoms with Crippen LogP contribution in [0.25, 0.3) is 11.5 Å². The molecule has 0 radical (unpaired) electrons. The quantitative estimate of drug-likeness (QED) is 0.594. The molecule has 9 heteroatoms. The lowest BCUT2D eigenvalue weighted by atomic mass is 10.2. The van der Waals surface area contributed by atoms with Crippen molar-refractivity contribution in [3.05, 3.63) is 47.5 Å². The third-order valence-corrected chi connectivity index (χ3v) is 7.04. The number of nitrogens with zero attached hydrogens (tertiary/aromatic N) is 2. The molecule has 0 bridgehead atoms. The highest BCUT2D eigenvalue weighted by Gasteiger charge is 2.33. The largest absolute Gasteiger partial charge is 0.486 e. The monoisotopic (exact) mass is 446 g/mol. The van der Waals surface area contributed by atoms with Crippen LogP contribution in [-0.2, 0) is 9.84 Å². The van der Waals surface area contributed by atoms with Gasteiger partial charge in [0, 0.05) is 29.7 Å². The summed E-state index contributed by atoms with van der Waals surface area (Å²) in [5.41, 5.74) is 0.656. The van der Waals surface area contributed by atoms with Crippen molar-refractivity contribution in [3.8, 4) is 23.0 Å². The first-order chi connectivity index (χ1) is 14.5. The highest BCUT2D eigenvalue weighted by atomic mass is 35.5. The second kappa shape index (κ2) is 7.52. The standard InChI is InChI=1S/C21H19ClN2O5S/c22-15-5-3-14(4-6-15)19-23-20(21(29-19)24-9-1-2-10-24)30(25,26)16-7-8-17-18(13-16)28-12-11-27-17/h3-8,13H,1-2,9-12H2. The number of oxazole rings is 1. The van der Waals surface area contributed by atoms with Crippen LogP contribution in [0.5, 0.6) is 11.5 Å². The van der Waals surface area contributed by atoms with Gasteiger partial charge in [0.15, 0.2) is 11.5 Å². The average Bonchev–Trinajstić information content (AvgIpc) is 3.44. The smallest absolute Gasteiger partial charge is 0.236 e. The van der Waals surface area contributed by atoms with Gasteiger partial charge in [-0.25, -0.2) is 8.42 Å². The van der Waals surface area contributed by atoms with Crippen molar-refractivity contribution >= 4 is 27.3 Å². The Morgan fingerprint density at radius 3 is 2.37 bits per heavy atom. The van der Waals surface area contributed by atoms with Gasteiger partial charge in [0.1, 0.15) is 13.2 Å². The molecule has 0 unspecified atom stereocenters. The van der Waals surface area contributed by atoms with Crippen LogP contribution in [0, 0.1) is 0 Å². The van der Waals surface area contributed by atoms with Crippen molar-refractivity contribution in [2.24, 2.45) is 0 Å². The van der Waals surface area contributed by atoms with Crippen LogP contribution in [0.3, 0.4) is 0 Å². The fourth-order valence-corrected chi connectivity index (χ4v) is 5.07. The number of hydrogen-bond acceptors (Lipinski definition) is 7. The fraction of sp³-hybridized carbons (Fsp3) is 0.286. The number of halogens is 1. The van der Waals surface area contributed by atoms with Gasteiger partial charge in [0.2, 0.25) is 26.6 Å². The lowest BCUT2D eigenvalue weighted by Gasteiger charge is -2.19. The minimum Gasteiger partial charge on any atom is -0.486 e. The minimum atomic E-state index is -3.94. The molecule has 1 fully saturated rings. The highest BCUT2D eigenvalue weighted by Crippen LogP contribution is 2.39.